The number of hydrogen-bond donors (Lipinski definition) is 7. The van der Waals surface area contributed by atoms with E-state index in [0.717, 1.165) is 11.1 Å². The minimum Gasteiger partial charge on any atom is -0.488 e. The third-order valence-corrected chi connectivity index (χ3v) is 15.1. The number of ether oxygens (including phenoxy) is 3. The monoisotopic (exact) mass is 1020 g/mol. The summed E-state index contributed by atoms with van der Waals surface area (Å²) in [6, 6.07) is -1.92. The van der Waals surface area contributed by atoms with Gasteiger partial charge in [-0.05, 0) is 114 Å². The highest BCUT2D eigenvalue weighted by Crippen LogP contribution is 2.67. The molecule has 1 saturated heterocycles. The minimum atomic E-state index is -6.02. The van der Waals surface area contributed by atoms with Crippen LogP contribution in [0.4, 0.5) is 0 Å². The standard InChI is InChI=1S/C44H64N3O18P3/c1-24(2)13-12-20-43(10)21-19-30-37(61-43)29(15-14-25(3)4)38-35(39(30)62-67(56,57)65-68(58,59)64-66(53,54)55)36(50)34(27(6)45)32(60-38)23-42(8,9)63-44(11,28(7)48)22-18-26(5)40(51)46-31-16-17-33(49)47-41(31)52/h13-14,18-19,21,27,31-32,34H,12,15-17,20,22-23,45H2,1-11H3,(H,46,51)(H,56,57)(H,58,59)(H,47,49,52)(H2,53,54,55)/b26-18-. The average Bonchev–Trinajstić information content (AvgIpc) is 3.15. The Morgan fingerprint density at radius 1 is 0.971 bits per heavy atom. The first-order chi connectivity index (χ1) is 31.1. The maximum atomic E-state index is 15.1. The van der Waals surface area contributed by atoms with Gasteiger partial charge in [-0.3, -0.25) is 34.2 Å². The van der Waals surface area contributed by atoms with Crippen LogP contribution in [0.1, 0.15) is 136 Å². The van der Waals surface area contributed by atoms with Gasteiger partial charge in [0.25, 0.3) is 0 Å². The van der Waals surface area contributed by atoms with E-state index in [1.807, 2.05) is 39.8 Å². The Hall–Kier alpha value is -4.10. The summed E-state index contributed by atoms with van der Waals surface area (Å²) in [7, 11) is -17.7. The zero-order valence-corrected chi connectivity index (χ0v) is 42.8. The summed E-state index contributed by atoms with van der Waals surface area (Å²) in [4.78, 5) is 105. The van der Waals surface area contributed by atoms with Gasteiger partial charge < -0.3 is 44.5 Å². The van der Waals surface area contributed by atoms with Crippen molar-refractivity contribution in [2.24, 2.45) is 11.7 Å². The molecule has 0 bridgehead atoms. The van der Waals surface area contributed by atoms with E-state index < -0.39 is 105 Å². The second kappa shape index (κ2) is 21.5. The van der Waals surface area contributed by atoms with Crippen molar-refractivity contribution >= 4 is 58.8 Å². The summed E-state index contributed by atoms with van der Waals surface area (Å²) in [6.07, 6.45) is 8.37. The number of piperidine rings is 1. The number of nitrogens with one attached hydrogen (secondary N) is 2. The van der Waals surface area contributed by atoms with Gasteiger partial charge in [-0.1, -0.05) is 29.4 Å². The minimum absolute atomic E-state index is 0.0476. The van der Waals surface area contributed by atoms with Gasteiger partial charge >= 0.3 is 23.5 Å². The number of carbonyl (C=O) groups excluding carboxylic acids is 5. The van der Waals surface area contributed by atoms with E-state index in [4.69, 9.17) is 34.3 Å². The fourth-order valence-electron chi connectivity index (χ4n) is 7.93. The van der Waals surface area contributed by atoms with E-state index in [2.05, 4.69) is 19.3 Å². The van der Waals surface area contributed by atoms with E-state index >= 15 is 4.79 Å². The van der Waals surface area contributed by atoms with Gasteiger partial charge in [0.05, 0.1) is 17.1 Å². The van der Waals surface area contributed by atoms with Gasteiger partial charge in [0.1, 0.15) is 40.4 Å². The maximum absolute atomic E-state index is 15.1. The molecule has 24 heteroatoms. The lowest BCUT2D eigenvalue weighted by molar-refractivity contribution is -0.167. The molecule has 0 aromatic heterocycles. The number of rotatable bonds is 21. The molecular weight excluding hydrogens is 951 g/mol. The first-order valence-electron chi connectivity index (χ1n) is 21.8. The van der Waals surface area contributed by atoms with Gasteiger partial charge in [-0.2, -0.15) is 8.62 Å². The van der Waals surface area contributed by atoms with Crippen molar-refractivity contribution < 1.29 is 84.6 Å². The second-order valence-corrected chi connectivity index (χ2v) is 23.2. The molecule has 8 N–H and O–H groups in total. The molecule has 378 valence electrons. The van der Waals surface area contributed by atoms with Crippen LogP contribution in [0.3, 0.4) is 0 Å². The topological polar surface area (TPSA) is 323 Å². The number of amides is 3. The zero-order chi connectivity index (χ0) is 51.5. The Balaban J connectivity index is 1.84. The summed E-state index contributed by atoms with van der Waals surface area (Å²) in [5, 5.41) is 4.78. The molecule has 1 fully saturated rings. The summed E-state index contributed by atoms with van der Waals surface area (Å²) in [5.41, 5.74) is 4.52. The third-order valence-electron chi connectivity index (χ3n) is 11.4. The molecular formula is C44H64N3O18P3. The van der Waals surface area contributed by atoms with E-state index in [1.165, 1.54) is 39.8 Å². The second-order valence-electron chi connectivity index (χ2n) is 18.8. The lowest BCUT2D eigenvalue weighted by Gasteiger charge is -2.43. The first kappa shape index (κ1) is 56.5. The van der Waals surface area contributed by atoms with Crippen molar-refractivity contribution in [3.63, 3.8) is 0 Å². The Labute approximate surface area is 395 Å². The normalized spacial score (nSPS) is 23.7. The van der Waals surface area contributed by atoms with Gasteiger partial charge in [0, 0.05) is 36.4 Å². The average molecular weight is 1020 g/mol. The fourth-order valence-corrected chi connectivity index (χ4v) is 11.0. The van der Waals surface area contributed by atoms with Crippen LogP contribution in [0.25, 0.3) is 6.08 Å². The third kappa shape index (κ3) is 15.0. The number of benzene rings is 1. The van der Waals surface area contributed by atoms with E-state index in [9.17, 15) is 42.7 Å². The SMILES string of the molecule is CC(=O)C(C)(C/C=C(/C)C(=O)NC1CCC(=O)NC1=O)OC(C)(C)CC1Oc2c(CC=C(C)C)c3c(c(OP(=O)(O)OP(=O)(O)OP(=O)(O)O)c2C(=O)C1C(C)N)C=CC(C)(CCC=C(C)C)O3. The molecule has 4 rings (SSSR count). The van der Waals surface area contributed by atoms with E-state index in [1.54, 1.807) is 26.8 Å². The number of hydrogen-bond acceptors (Lipinski definition) is 15. The van der Waals surface area contributed by atoms with Gasteiger partial charge in [-0.15, -0.1) is 0 Å². The Morgan fingerprint density at radius 3 is 2.16 bits per heavy atom. The summed E-state index contributed by atoms with van der Waals surface area (Å²) in [5.74, 6) is -4.93. The molecule has 0 radical (unpaired) electrons. The lowest BCUT2D eigenvalue weighted by atomic mass is 9.78. The fraction of sp³-hybridized carbons (Fsp3) is 0.568. The summed E-state index contributed by atoms with van der Waals surface area (Å²) in [6.45, 7) is 18.5. The number of nitrogens with two attached hydrogens (primary N) is 1. The molecule has 68 heavy (non-hydrogen) atoms. The Bertz CT molecular complexity index is 2470. The van der Waals surface area contributed by atoms with Crippen LogP contribution < -0.4 is 30.4 Å². The van der Waals surface area contributed by atoms with Crippen molar-refractivity contribution in [3.8, 4) is 17.2 Å². The smallest absolute Gasteiger partial charge is 0.488 e. The van der Waals surface area contributed by atoms with Crippen LogP contribution in [0.5, 0.6) is 17.2 Å². The molecule has 3 aliphatic heterocycles. The largest absolute Gasteiger partial charge is 0.536 e. The molecule has 3 heterocycles. The number of Topliss-reactive ketones (excluding diaryl/α,β-unsaturated/α-hetero) is 2. The van der Waals surface area contributed by atoms with Crippen LogP contribution in [-0.4, -0.2) is 83.9 Å². The molecule has 0 saturated carbocycles. The maximum Gasteiger partial charge on any atom is 0.536 e. The molecule has 3 aliphatic rings. The number of carbonyl (C=O) groups is 5. The van der Waals surface area contributed by atoms with Crippen LogP contribution in [0.2, 0.25) is 0 Å². The highest BCUT2D eigenvalue weighted by atomic mass is 31.3. The van der Waals surface area contributed by atoms with Crippen LogP contribution in [0, 0.1) is 5.92 Å². The number of fused-ring (bicyclic) bond motifs is 2. The van der Waals surface area contributed by atoms with Gasteiger partial charge in [0.2, 0.25) is 17.7 Å². The lowest BCUT2D eigenvalue weighted by Crippen LogP contribution is -2.52. The predicted molar refractivity (Wildman–Crippen MR) is 248 cm³/mol. The molecule has 8 atom stereocenters. The molecule has 0 aliphatic carbocycles. The molecule has 3 amide bonds. The zero-order valence-electron chi connectivity index (χ0n) is 40.1. The van der Waals surface area contributed by atoms with Crippen LogP contribution >= 0.6 is 23.5 Å². The molecule has 21 nitrogen and oxygen atoms in total. The number of ketones is 2. The highest BCUT2D eigenvalue weighted by molar-refractivity contribution is 7.66. The predicted octanol–water partition coefficient (Wildman–Crippen LogP) is 6.51. The van der Waals surface area contributed by atoms with Crippen molar-refractivity contribution in [2.45, 2.75) is 156 Å². The highest BCUT2D eigenvalue weighted by Gasteiger charge is 2.50. The number of phosphoric acid groups is 3. The van der Waals surface area contributed by atoms with Gasteiger partial charge in [-0.25, -0.2) is 13.7 Å². The van der Waals surface area contributed by atoms with E-state index in [-0.39, 0.29) is 54.7 Å². The Morgan fingerprint density at radius 2 is 1.60 bits per heavy atom. The Kier molecular flexibility index (Phi) is 17.9. The quantitative estimate of drug-likeness (QED) is 0.0299. The molecule has 8 unspecified atom stereocenters. The number of imide groups is 1. The van der Waals surface area contributed by atoms with Crippen molar-refractivity contribution in [1.82, 2.24) is 10.6 Å². The van der Waals surface area contributed by atoms with Crippen LogP contribution in [-0.2, 0) is 52.7 Å². The molecule has 0 spiro atoms. The first-order valence-corrected chi connectivity index (χ1v) is 26.3. The summed E-state index contributed by atoms with van der Waals surface area (Å²) < 4.78 is 71.1. The molecule has 1 aromatic rings. The number of phosphoric ester groups is 1. The van der Waals surface area contributed by atoms with Crippen LogP contribution in [0.15, 0.2) is 41.0 Å². The van der Waals surface area contributed by atoms with Crippen molar-refractivity contribution in [1.29, 1.82) is 0 Å². The van der Waals surface area contributed by atoms with Gasteiger partial charge in [0.15, 0.2) is 17.3 Å². The summed E-state index contributed by atoms with van der Waals surface area (Å²) >= 11 is 0. The van der Waals surface area contributed by atoms with E-state index in [0.29, 0.717) is 18.4 Å². The number of allylic oxidation sites excluding steroid dienone is 4. The van der Waals surface area contributed by atoms with Crippen molar-refractivity contribution in [2.75, 3.05) is 0 Å². The molecule has 1 aromatic carbocycles. The van der Waals surface area contributed by atoms with Crippen molar-refractivity contribution in [3.05, 3.63) is 57.7 Å².